The highest BCUT2D eigenvalue weighted by Gasteiger charge is 2.11. The Balaban J connectivity index is 2.50. The molecule has 7 heteroatoms. The van der Waals surface area contributed by atoms with Gasteiger partial charge in [0.1, 0.15) is 5.82 Å². The number of hydrogen-bond acceptors (Lipinski definition) is 5. The van der Waals surface area contributed by atoms with E-state index in [0.717, 1.165) is 6.54 Å². The van der Waals surface area contributed by atoms with E-state index < -0.39 is 10.8 Å². The average Bonchev–Trinajstić information content (AvgIpc) is 2.37. The third-order valence-corrected chi connectivity index (χ3v) is 3.28. The monoisotopic (exact) mass is 284 g/mol. The fraction of sp³-hybridized carbons (Fsp3) is 0.583. The first kappa shape index (κ1) is 15.6. The van der Waals surface area contributed by atoms with Gasteiger partial charge in [-0.2, -0.15) is 0 Å². The molecule has 1 rings (SSSR count). The summed E-state index contributed by atoms with van der Waals surface area (Å²) in [6.07, 6.45) is 2.33. The first-order valence-electron chi connectivity index (χ1n) is 6.21. The van der Waals surface area contributed by atoms with Crippen molar-refractivity contribution in [3.05, 3.63) is 17.8 Å². The van der Waals surface area contributed by atoms with Gasteiger partial charge in [-0.05, 0) is 32.4 Å². The van der Waals surface area contributed by atoms with Crippen LogP contribution in [0, 0.1) is 0 Å². The fourth-order valence-electron chi connectivity index (χ4n) is 1.44. The molecule has 0 radical (unpaired) electrons. The highest BCUT2D eigenvalue weighted by molar-refractivity contribution is 7.84. The minimum atomic E-state index is -0.838. The second-order valence-electron chi connectivity index (χ2n) is 4.27. The summed E-state index contributed by atoms with van der Waals surface area (Å²) in [5, 5.41) is 13.6. The highest BCUT2D eigenvalue weighted by Crippen LogP contribution is 2.02. The molecule has 2 atom stereocenters. The summed E-state index contributed by atoms with van der Waals surface area (Å²) in [6.45, 7) is 4.60. The van der Waals surface area contributed by atoms with Crippen molar-refractivity contribution < 1.29 is 9.00 Å². The zero-order valence-corrected chi connectivity index (χ0v) is 12.3. The zero-order chi connectivity index (χ0) is 14.3. The predicted octanol–water partition coefficient (Wildman–Crippen LogP) is 0.795. The van der Waals surface area contributed by atoms with Crippen molar-refractivity contribution in [1.82, 2.24) is 15.5 Å². The first-order chi connectivity index (χ1) is 9.02. The van der Waals surface area contributed by atoms with E-state index in [1.54, 1.807) is 18.4 Å². The molecule has 0 fully saturated rings. The van der Waals surface area contributed by atoms with Gasteiger partial charge >= 0.3 is 0 Å². The SMILES string of the molecule is CCNc1ccc(C(=O)NC(C)CCS(C)=O)nn1. The van der Waals surface area contributed by atoms with Crippen molar-refractivity contribution in [2.45, 2.75) is 26.3 Å². The van der Waals surface area contributed by atoms with Crippen molar-refractivity contribution in [3.8, 4) is 0 Å². The van der Waals surface area contributed by atoms with Crippen LogP contribution in [0.25, 0.3) is 0 Å². The number of hydrogen-bond donors (Lipinski definition) is 2. The van der Waals surface area contributed by atoms with Gasteiger partial charge in [-0.25, -0.2) is 0 Å². The predicted molar refractivity (Wildman–Crippen MR) is 76.7 cm³/mol. The molecule has 6 nitrogen and oxygen atoms in total. The number of nitrogens with zero attached hydrogens (tertiary/aromatic N) is 2. The maximum atomic E-state index is 11.9. The molecule has 0 aliphatic heterocycles. The van der Waals surface area contributed by atoms with E-state index in [-0.39, 0.29) is 17.6 Å². The molecule has 0 aliphatic carbocycles. The third-order valence-electron chi connectivity index (χ3n) is 2.47. The van der Waals surface area contributed by atoms with Gasteiger partial charge < -0.3 is 10.6 Å². The van der Waals surface area contributed by atoms with E-state index in [2.05, 4.69) is 20.8 Å². The largest absolute Gasteiger partial charge is 0.369 e. The topological polar surface area (TPSA) is 84.0 Å². The molecule has 0 saturated carbocycles. The Labute approximate surface area is 115 Å². The van der Waals surface area contributed by atoms with Gasteiger partial charge in [0.2, 0.25) is 0 Å². The number of nitrogens with one attached hydrogen (secondary N) is 2. The lowest BCUT2D eigenvalue weighted by molar-refractivity contribution is 0.0933. The number of aromatic nitrogens is 2. The van der Waals surface area contributed by atoms with E-state index in [1.165, 1.54) is 0 Å². The molecule has 106 valence electrons. The molecule has 1 heterocycles. The Hall–Kier alpha value is -1.50. The molecule has 1 aromatic heterocycles. The van der Waals surface area contributed by atoms with Gasteiger partial charge in [0, 0.05) is 35.4 Å². The van der Waals surface area contributed by atoms with Gasteiger partial charge in [-0.3, -0.25) is 9.00 Å². The Morgan fingerprint density at radius 1 is 1.42 bits per heavy atom. The first-order valence-corrected chi connectivity index (χ1v) is 7.94. The van der Waals surface area contributed by atoms with Crippen LogP contribution in [0.3, 0.4) is 0 Å². The van der Waals surface area contributed by atoms with Crippen molar-refractivity contribution >= 4 is 22.5 Å². The maximum absolute atomic E-state index is 11.9. The molecule has 2 N–H and O–H groups in total. The van der Waals surface area contributed by atoms with Crippen LogP contribution in [0.4, 0.5) is 5.82 Å². The number of carbonyl (C=O) groups excluding carboxylic acids is 1. The number of carbonyl (C=O) groups is 1. The molecule has 1 aromatic rings. The van der Waals surface area contributed by atoms with Crippen LogP contribution < -0.4 is 10.6 Å². The fourth-order valence-corrected chi connectivity index (χ4v) is 2.13. The van der Waals surface area contributed by atoms with Gasteiger partial charge in [-0.1, -0.05) is 0 Å². The van der Waals surface area contributed by atoms with Gasteiger partial charge in [0.15, 0.2) is 5.69 Å². The minimum Gasteiger partial charge on any atom is -0.369 e. The Morgan fingerprint density at radius 3 is 2.68 bits per heavy atom. The number of amides is 1. The van der Waals surface area contributed by atoms with E-state index in [9.17, 15) is 9.00 Å². The summed E-state index contributed by atoms with van der Waals surface area (Å²) in [6, 6.07) is 3.31. The molecule has 19 heavy (non-hydrogen) atoms. The van der Waals surface area contributed by atoms with Crippen LogP contribution in [-0.4, -0.2) is 44.9 Å². The second-order valence-corrected chi connectivity index (χ2v) is 5.83. The summed E-state index contributed by atoms with van der Waals surface area (Å²) in [5.74, 6) is 0.963. The van der Waals surface area contributed by atoms with E-state index in [1.807, 2.05) is 13.8 Å². The van der Waals surface area contributed by atoms with Crippen LogP contribution in [0.15, 0.2) is 12.1 Å². The summed E-state index contributed by atoms with van der Waals surface area (Å²) in [4.78, 5) is 11.9. The molecule has 0 spiro atoms. The summed E-state index contributed by atoms with van der Waals surface area (Å²) in [5.41, 5.74) is 0.283. The summed E-state index contributed by atoms with van der Waals surface area (Å²) in [7, 11) is -0.838. The van der Waals surface area contributed by atoms with Gasteiger partial charge in [0.05, 0.1) is 0 Å². The van der Waals surface area contributed by atoms with Crippen LogP contribution >= 0.6 is 0 Å². The second kappa shape index (κ2) is 7.83. The molecule has 0 aliphatic rings. The van der Waals surface area contributed by atoms with Gasteiger partial charge in [0.25, 0.3) is 5.91 Å². The third kappa shape index (κ3) is 5.78. The number of rotatable bonds is 7. The van der Waals surface area contributed by atoms with Gasteiger partial charge in [-0.15, -0.1) is 10.2 Å². The van der Waals surface area contributed by atoms with Crippen molar-refractivity contribution in [2.24, 2.45) is 0 Å². The minimum absolute atomic E-state index is 0.0355. The lowest BCUT2D eigenvalue weighted by atomic mass is 10.2. The number of anilines is 1. The highest BCUT2D eigenvalue weighted by atomic mass is 32.2. The standard InChI is InChI=1S/C12H20N4O2S/c1-4-13-11-6-5-10(15-16-11)12(17)14-9(2)7-8-19(3)18/h5-6,9H,4,7-8H2,1-3H3,(H,13,16)(H,14,17). The smallest absolute Gasteiger partial charge is 0.272 e. The maximum Gasteiger partial charge on any atom is 0.272 e. The Morgan fingerprint density at radius 2 is 2.16 bits per heavy atom. The lowest BCUT2D eigenvalue weighted by Gasteiger charge is -2.12. The average molecular weight is 284 g/mol. The normalized spacial score (nSPS) is 13.6. The van der Waals surface area contributed by atoms with E-state index in [0.29, 0.717) is 18.0 Å². The Bertz CT molecular complexity index is 436. The molecule has 2 unspecified atom stereocenters. The Kier molecular flexibility index (Phi) is 6.41. The molecule has 0 saturated heterocycles. The van der Waals surface area contributed by atoms with E-state index >= 15 is 0 Å². The van der Waals surface area contributed by atoms with Crippen LogP contribution in [0.5, 0.6) is 0 Å². The van der Waals surface area contributed by atoms with Crippen molar-refractivity contribution in [2.75, 3.05) is 23.9 Å². The van der Waals surface area contributed by atoms with E-state index in [4.69, 9.17) is 0 Å². The molecule has 1 amide bonds. The molecule has 0 bridgehead atoms. The zero-order valence-electron chi connectivity index (χ0n) is 11.5. The molecular formula is C12H20N4O2S. The summed E-state index contributed by atoms with van der Waals surface area (Å²) < 4.78 is 11.0. The van der Waals surface area contributed by atoms with Crippen molar-refractivity contribution in [3.63, 3.8) is 0 Å². The van der Waals surface area contributed by atoms with Crippen LogP contribution in [-0.2, 0) is 10.8 Å². The quantitative estimate of drug-likeness (QED) is 0.773. The van der Waals surface area contributed by atoms with Crippen LogP contribution in [0.1, 0.15) is 30.8 Å². The lowest BCUT2D eigenvalue weighted by Crippen LogP contribution is -2.34. The van der Waals surface area contributed by atoms with Crippen molar-refractivity contribution in [1.29, 1.82) is 0 Å². The molecule has 0 aromatic carbocycles. The summed E-state index contributed by atoms with van der Waals surface area (Å²) >= 11 is 0. The molecular weight excluding hydrogens is 264 g/mol. The van der Waals surface area contributed by atoms with Crippen LogP contribution in [0.2, 0.25) is 0 Å².